The largest absolute Gasteiger partial charge is 0.341 e. The first-order valence-electron chi connectivity index (χ1n) is 8.75. The van der Waals surface area contributed by atoms with E-state index in [2.05, 4.69) is 15.1 Å². The lowest BCUT2D eigenvalue weighted by Crippen LogP contribution is -2.26. The van der Waals surface area contributed by atoms with Crippen LogP contribution in [-0.4, -0.2) is 43.7 Å². The van der Waals surface area contributed by atoms with Gasteiger partial charge in [0.15, 0.2) is 0 Å². The normalized spacial score (nSPS) is 11.2. The highest BCUT2D eigenvalue weighted by atomic mass is 35.5. The zero-order chi connectivity index (χ0) is 20.4. The van der Waals surface area contributed by atoms with Gasteiger partial charge in [0.2, 0.25) is 11.1 Å². The fraction of sp³-hybridized carbons (Fsp3) is 0.368. The number of amides is 1. The molecular weight excluding hydrogens is 417 g/mol. The second-order valence-corrected chi connectivity index (χ2v) is 8.09. The van der Waals surface area contributed by atoms with Crippen LogP contribution in [-0.2, 0) is 17.8 Å². The number of thioether (sulfide) groups is 1. The summed E-state index contributed by atoms with van der Waals surface area (Å²) in [6.07, 6.45) is 2.88. The third kappa shape index (κ3) is 4.26. The molecule has 0 spiro atoms. The monoisotopic (exact) mass is 437 g/mol. The van der Waals surface area contributed by atoms with Gasteiger partial charge in [0.1, 0.15) is 0 Å². The summed E-state index contributed by atoms with van der Waals surface area (Å²) >= 11 is 13.8. The van der Waals surface area contributed by atoms with Gasteiger partial charge in [-0.15, -0.1) is 5.10 Å². The van der Waals surface area contributed by atoms with Crippen molar-refractivity contribution >= 4 is 46.6 Å². The number of carbonyl (C=O) groups is 1. The Balaban J connectivity index is 1.72. The first-order valence-corrected chi connectivity index (χ1v) is 10.7. The molecule has 6 nitrogen and oxygen atoms in total. The second kappa shape index (κ2) is 8.68. The summed E-state index contributed by atoms with van der Waals surface area (Å²) in [5, 5.41) is 6.11. The van der Waals surface area contributed by atoms with Gasteiger partial charge in [-0.25, -0.2) is 9.50 Å². The molecule has 0 aliphatic heterocycles. The van der Waals surface area contributed by atoms with Crippen LogP contribution in [0.3, 0.4) is 0 Å². The number of halogens is 2. The van der Waals surface area contributed by atoms with E-state index in [9.17, 15) is 4.79 Å². The molecule has 0 fully saturated rings. The van der Waals surface area contributed by atoms with Crippen LogP contribution >= 0.6 is 35.0 Å². The number of aryl methyl sites for hydroxylation is 2. The molecule has 0 bridgehead atoms. The summed E-state index contributed by atoms with van der Waals surface area (Å²) in [6.45, 7) is 4.33. The number of aromatic nitrogens is 4. The first kappa shape index (κ1) is 20.9. The van der Waals surface area contributed by atoms with E-state index in [1.165, 1.54) is 11.8 Å². The summed E-state index contributed by atoms with van der Waals surface area (Å²) in [6, 6.07) is 5.44. The van der Waals surface area contributed by atoms with Crippen LogP contribution in [0.5, 0.6) is 0 Å². The van der Waals surface area contributed by atoms with Gasteiger partial charge in [0, 0.05) is 31.4 Å². The number of nitrogens with zero attached hydrogens (tertiary/aromatic N) is 5. The maximum Gasteiger partial charge on any atom is 0.253 e. The highest BCUT2D eigenvalue weighted by Gasteiger charge is 2.17. The van der Waals surface area contributed by atoms with Gasteiger partial charge in [-0.2, -0.15) is 4.98 Å². The molecule has 3 rings (SSSR count). The molecule has 28 heavy (non-hydrogen) atoms. The zero-order valence-electron chi connectivity index (χ0n) is 16.2. The van der Waals surface area contributed by atoms with E-state index in [0.717, 1.165) is 22.5 Å². The Labute approximate surface area is 178 Å². The predicted molar refractivity (Wildman–Crippen MR) is 113 cm³/mol. The number of carbonyl (C=O) groups excluding carboxylic acids is 1. The van der Waals surface area contributed by atoms with E-state index in [1.807, 2.05) is 32.2 Å². The number of hydrogen-bond donors (Lipinski definition) is 0. The predicted octanol–water partition coefficient (Wildman–Crippen LogP) is 4.36. The molecular formula is C19H21Cl2N5OS. The number of hydrogen-bond acceptors (Lipinski definition) is 5. The maximum atomic E-state index is 12.6. The fourth-order valence-corrected chi connectivity index (χ4v) is 3.79. The van der Waals surface area contributed by atoms with Crippen LogP contribution in [0.4, 0.5) is 0 Å². The summed E-state index contributed by atoms with van der Waals surface area (Å²) in [5.74, 6) is 0.612. The SMILES string of the molecule is CSc1nc2nc(C)c(CCC(=O)N(C)Cc3cccc(Cl)c3Cl)c(C)n2n1. The third-order valence-electron chi connectivity index (χ3n) is 4.67. The maximum absolute atomic E-state index is 12.6. The van der Waals surface area contributed by atoms with E-state index >= 15 is 0 Å². The minimum Gasteiger partial charge on any atom is -0.341 e. The highest BCUT2D eigenvalue weighted by Crippen LogP contribution is 2.26. The average Bonchev–Trinajstić information content (AvgIpc) is 3.08. The Kier molecular flexibility index (Phi) is 6.47. The molecule has 0 saturated heterocycles. The molecule has 1 aromatic carbocycles. The van der Waals surface area contributed by atoms with E-state index in [-0.39, 0.29) is 5.91 Å². The summed E-state index contributed by atoms with van der Waals surface area (Å²) in [4.78, 5) is 23.2. The van der Waals surface area contributed by atoms with Crippen LogP contribution in [0, 0.1) is 13.8 Å². The van der Waals surface area contributed by atoms with Crippen molar-refractivity contribution in [3.8, 4) is 0 Å². The summed E-state index contributed by atoms with van der Waals surface area (Å²) in [7, 11) is 1.77. The molecule has 0 radical (unpaired) electrons. The van der Waals surface area contributed by atoms with Crippen molar-refractivity contribution in [2.24, 2.45) is 0 Å². The molecule has 0 unspecified atom stereocenters. The third-order valence-corrected chi connectivity index (χ3v) is 6.06. The van der Waals surface area contributed by atoms with Crippen LogP contribution in [0.25, 0.3) is 5.78 Å². The topological polar surface area (TPSA) is 63.4 Å². The molecule has 2 heterocycles. The standard InChI is InChI=1S/C19H21Cl2N5OS/c1-11-14(12(2)26-18(22-11)23-19(24-26)28-4)8-9-16(27)25(3)10-13-6-5-7-15(20)17(13)21/h5-7H,8-10H2,1-4H3. The Morgan fingerprint density at radius 3 is 2.71 bits per heavy atom. The molecule has 1 amide bonds. The molecule has 0 saturated carbocycles. The summed E-state index contributed by atoms with van der Waals surface area (Å²) in [5.41, 5.74) is 3.68. The highest BCUT2D eigenvalue weighted by molar-refractivity contribution is 7.98. The lowest BCUT2D eigenvalue weighted by Gasteiger charge is -2.19. The Bertz CT molecular complexity index is 1040. The lowest BCUT2D eigenvalue weighted by molar-refractivity contribution is -0.130. The van der Waals surface area contributed by atoms with Crippen LogP contribution < -0.4 is 0 Å². The van der Waals surface area contributed by atoms with Crippen molar-refractivity contribution in [1.29, 1.82) is 0 Å². The van der Waals surface area contributed by atoms with E-state index in [4.69, 9.17) is 23.2 Å². The van der Waals surface area contributed by atoms with Crippen molar-refractivity contribution in [1.82, 2.24) is 24.5 Å². The van der Waals surface area contributed by atoms with Crippen molar-refractivity contribution < 1.29 is 4.79 Å². The van der Waals surface area contributed by atoms with Gasteiger partial charge in [-0.3, -0.25) is 4.79 Å². The van der Waals surface area contributed by atoms with Gasteiger partial charge < -0.3 is 4.90 Å². The molecule has 3 aromatic rings. The molecule has 0 aliphatic carbocycles. The number of benzene rings is 1. The average molecular weight is 438 g/mol. The van der Waals surface area contributed by atoms with E-state index in [1.54, 1.807) is 22.5 Å². The zero-order valence-corrected chi connectivity index (χ0v) is 18.5. The Morgan fingerprint density at radius 2 is 2.00 bits per heavy atom. The lowest BCUT2D eigenvalue weighted by atomic mass is 10.1. The minimum atomic E-state index is 0.0262. The van der Waals surface area contributed by atoms with Gasteiger partial charge in [0.25, 0.3) is 5.78 Å². The van der Waals surface area contributed by atoms with E-state index in [0.29, 0.717) is 40.4 Å². The van der Waals surface area contributed by atoms with Gasteiger partial charge in [-0.05, 0) is 43.7 Å². The Hall–Kier alpha value is -1.83. The smallest absolute Gasteiger partial charge is 0.253 e. The van der Waals surface area contributed by atoms with Crippen LogP contribution in [0.1, 0.15) is 28.9 Å². The second-order valence-electron chi connectivity index (χ2n) is 6.53. The van der Waals surface area contributed by atoms with Crippen LogP contribution in [0.15, 0.2) is 23.4 Å². The first-order chi connectivity index (χ1) is 13.3. The molecule has 0 N–H and O–H groups in total. The quantitative estimate of drug-likeness (QED) is 0.535. The van der Waals surface area contributed by atoms with Crippen molar-refractivity contribution in [3.63, 3.8) is 0 Å². The fourth-order valence-electron chi connectivity index (χ4n) is 3.08. The molecule has 0 atom stereocenters. The molecule has 9 heteroatoms. The molecule has 0 aliphatic rings. The van der Waals surface area contributed by atoms with Gasteiger partial charge in [0.05, 0.1) is 10.0 Å². The number of rotatable bonds is 6. The summed E-state index contributed by atoms with van der Waals surface area (Å²) < 4.78 is 1.74. The van der Waals surface area contributed by atoms with Crippen LogP contribution in [0.2, 0.25) is 10.0 Å². The van der Waals surface area contributed by atoms with Crippen molar-refractivity contribution in [3.05, 3.63) is 50.8 Å². The van der Waals surface area contributed by atoms with Crippen molar-refractivity contribution in [2.45, 2.75) is 38.4 Å². The molecule has 148 valence electrons. The molecule has 2 aromatic heterocycles. The van der Waals surface area contributed by atoms with Crippen molar-refractivity contribution in [2.75, 3.05) is 13.3 Å². The van der Waals surface area contributed by atoms with Gasteiger partial charge >= 0.3 is 0 Å². The van der Waals surface area contributed by atoms with Gasteiger partial charge in [-0.1, -0.05) is 47.1 Å². The minimum absolute atomic E-state index is 0.0262. The Morgan fingerprint density at radius 1 is 1.25 bits per heavy atom. The van der Waals surface area contributed by atoms with E-state index < -0.39 is 0 Å². The number of fused-ring (bicyclic) bond motifs is 1.